The van der Waals surface area contributed by atoms with Gasteiger partial charge in [-0.2, -0.15) is 0 Å². The molecule has 0 fully saturated rings. The number of aryl methyl sites for hydroxylation is 2. The molecule has 0 saturated heterocycles. The first-order chi connectivity index (χ1) is 14.1. The molecule has 29 heavy (non-hydrogen) atoms. The van der Waals surface area contributed by atoms with Gasteiger partial charge in [0.2, 0.25) is 0 Å². The number of H-pyrrole nitrogens is 1. The second-order valence-corrected chi connectivity index (χ2v) is 7.95. The van der Waals surface area contributed by atoms with Gasteiger partial charge in [-0.1, -0.05) is 24.3 Å². The summed E-state index contributed by atoms with van der Waals surface area (Å²) in [5.74, 6) is 0. The van der Waals surface area contributed by atoms with Crippen LogP contribution in [0.4, 0.5) is 0 Å². The Morgan fingerprint density at radius 2 is 2.14 bits per heavy atom. The van der Waals surface area contributed by atoms with Gasteiger partial charge < -0.3 is 20.0 Å². The highest BCUT2D eigenvalue weighted by atomic mass is 16.3. The maximum atomic E-state index is 12.3. The predicted molar refractivity (Wildman–Crippen MR) is 113 cm³/mol. The van der Waals surface area contributed by atoms with E-state index in [-0.39, 0.29) is 17.8 Å². The normalized spacial score (nSPS) is 20.2. The van der Waals surface area contributed by atoms with Gasteiger partial charge in [-0.05, 0) is 38.0 Å². The first kappa shape index (κ1) is 18.1. The predicted octanol–water partition coefficient (Wildman–Crippen LogP) is 2.55. The van der Waals surface area contributed by atoms with E-state index in [1.165, 1.54) is 0 Å². The summed E-state index contributed by atoms with van der Waals surface area (Å²) >= 11 is 0. The lowest BCUT2D eigenvalue weighted by molar-refractivity contribution is 0.118. The molecular weight excluding hydrogens is 366 g/mol. The van der Waals surface area contributed by atoms with Crippen LogP contribution in [0.1, 0.15) is 31.4 Å². The van der Waals surface area contributed by atoms with Gasteiger partial charge in [0.25, 0.3) is 0 Å². The molecule has 0 bridgehead atoms. The van der Waals surface area contributed by atoms with Gasteiger partial charge in [0.15, 0.2) is 0 Å². The molecule has 4 aromatic rings. The van der Waals surface area contributed by atoms with E-state index in [4.69, 9.17) is 0 Å². The maximum absolute atomic E-state index is 12.3. The van der Waals surface area contributed by atoms with Gasteiger partial charge in [-0.25, -0.2) is 9.78 Å². The van der Waals surface area contributed by atoms with E-state index in [0.29, 0.717) is 13.0 Å². The topological polar surface area (TPSA) is 87.9 Å². The van der Waals surface area contributed by atoms with Crippen LogP contribution in [0.3, 0.4) is 0 Å². The minimum Gasteiger partial charge on any atom is -0.387 e. The summed E-state index contributed by atoms with van der Waals surface area (Å²) in [7, 11) is 0. The molecule has 7 nitrogen and oxygen atoms in total. The van der Waals surface area contributed by atoms with Crippen molar-refractivity contribution in [2.75, 3.05) is 0 Å². The highest BCUT2D eigenvalue weighted by Gasteiger charge is 2.29. The minimum atomic E-state index is -0.654. The molecule has 0 radical (unpaired) electrons. The van der Waals surface area contributed by atoms with E-state index in [9.17, 15) is 9.90 Å². The number of imidazole rings is 2. The first-order valence-corrected chi connectivity index (χ1v) is 10.2. The first-order valence-electron chi connectivity index (χ1n) is 10.2. The van der Waals surface area contributed by atoms with Crippen molar-refractivity contribution in [1.82, 2.24) is 24.4 Å². The fraction of sp³-hybridized carbons (Fsp3) is 0.364. The molecule has 7 heteroatoms. The average Bonchev–Trinajstić information content (AvgIpc) is 3.24. The van der Waals surface area contributed by atoms with Gasteiger partial charge in [0.05, 0.1) is 34.5 Å². The molecule has 0 aliphatic carbocycles. The molecule has 0 amide bonds. The van der Waals surface area contributed by atoms with E-state index in [1.54, 1.807) is 4.57 Å². The average molecular weight is 391 g/mol. The number of hydrogen-bond donors (Lipinski definition) is 3. The zero-order valence-corrected chi connectivity index (χ0v) is 16.4. The molecule has 150 valence electrons. The number of rotatable bonds is 5. The summed E-state index contributed by atoms with van der Waals surface area (Å²) in [4.78, 5) is 19.6. The Labute approximate surface area is 168 Å². The number of aliphatic hydroxyl groups excluding tert-OH is 1. The lowest BCUT2D eigenvalue weighted by Crippen LogP contribution is -2.41. The van der Waals surface area contributed by atoms with Gasteiger partial charge in [-0.15, -0.1) is 0 Å². The molecule has 0 unspecified atom stereocenters. The molecule has 0 spiro atoms. The van der Waals surface area contributed by atoms with Crippen LogP contribution in [-0.4, -0.2) is 36.3 Å². The molecular formula is C22H25N5O2. The third-order valence-corrected chi connectivity index (χ3v) is 6.02. The van der Waals surface area contributed by atoms with Crippen LogP contribution in [0.25, 0.3) is 22.1 Å². The van der Waals surface area contributed by atoms with Crippen molar-refractivity contribution in [1.29, 1.82) is 0 Å². The van der Waals surface area contributed by atoms with Crippen LogP contribution < -0.4 is 11.0 Å². The van der Waals surface area contributed by atoms with Crippen LogP contribution in [0.2, 0.25) is 0 Å². The largest absolute Gasteiger partial charge is 0.387 e. The van der Waals surface area contributed by atoms with E-state index in [2.05, 4.69) is 32.8 Å². The molecule has 1 aliphatic rings. The summed E-state index contributed by atoms with van der Waals surface area (Å²) < 4.78 is 3.92. The molecule has 3 atom stereocenters. The number of aromatic amines is 1. The van der Waals surface area contributed by atoms with E-state index in [0.717, 1.165) is 40.6 Å². The fourth-order valence-corrected chi connectivity index (χ4v) is 4.49. The Morgan fingerprint density at radius 3 is 3.03 bits per heavy atom. The molecule has 5 rings (SSSR count). The van der Waals surface area contributed by atoms with Gasteiger partial charge in [0, 0.05) is 30.7 Å². The molecule has 3 heterocycles. The summed E-state index contributed by atoms with van der Waals surface area (Å²) in [6.07, 6.45) is 2.85. The Kier molecular flexibility index (Phi) is 4.49. The Morgan fingerprint density at radius 1 is 1.28 bits per heavy atom. The second kappa shape index (κ2) is 7.17. The second-order valence-electron chi connectivity index (χ2n) is 7.95. The third-order valence-electron chi connectivity index (χ3n) is 6.02. The van der Waals surface area contributed by atoms with Crippen LogP contribution >= 0.6 is 0 Å². The monoisotopic (exact) mass is 391 g/mol. The quantitative estimate of drug-likeness (QED) is 0.488. The zero-order chi connectivity index (χ0) is 20.0. The fourth-order valence-electron chi connectivity index (χ4n) is 4.49. The Hall–Kier alpha value is -2.90. The SMILES string of the molecule is C[C@H](CCn1cnc2ccccc21)N[C@@H]1CCn2c(=O)[nH]c3cccc(c32)[C@H]1O. The zero-order valence-electron chi connectivity index (χ0n) is 16.4. The van der Waals surface area contributed by atoms with Crippen molar-refractivity contribution in [2.45, 2.75) is 51.0 Å². The highest BCUT2D eigenvalue weighted by molar-refractivity contribution is 5.79. The van der Waals surface area contributed by atoms with Crippen molar-refractivity contribution in [3.63, 3.8) is 0 Å². The number of hydrogen-bond acceptors (Lipinski definition) is 4. The maximum Gasteiger partial charge on any atom is 0.326 e. The van der Waals surface area contributed by atoms with E-state index >= 15 is 0 Å². The van der Waals surface area contributed by atoms with E-state index < -0.39 is 6.10 Å². The summed E-state index contributed by atoms with van der Waals surface area (Å²) in [5, 5.41) is 14.7. The molecule has 0 saturated carbocycles. The van der Waals surface area contributed by atoms with Crippen molar-refractivity contribution in [3.05, 3.63) is 64.8 Å². The standard InChI is InChI=1S/C22H25N5O2/c1-14(9-11-26-13-23-16-6-2-3-8-19(16)26)24-18-10-12-27-20-15(21(18)28)5-4-7-17(20)25-22(27)29/h2-8,13-14,18,21,24,28H,9-12H2,1H3,(H,25,29)/t14-,18-,21-/m1/s1. The van der Waals surface area contributed by atoms with Crippen LogP contribution in [0, 0.1) is 0 Å². The lowest BCUT2D eigenvalue weighted by atomic mass is 9.99. The number of nitrogens with one attached hydrogen (secondary N) is 2. The summed E-state index contributed by atoms with van der Waals surface area (Å²) in [6.45, 7) is 3.58. The summed E-state index contributed by atoms with van der Waals surface area (Å²) in [6, 6.07) is 13.9. The number of nitrogens with zero attached hydrogens (tertiary/aromatic N) is 3. The number of aliphatic hydroxyl groups is 1. The minimum absolute atomic E-state index is 0.102. The molecule has 1 aliphatic heterocycles. The highest BCUT2D eigenvalue weighted by Crippen LogP contribution is 2.30. The molecule has 3 N–H and O–H groups in total. The van der Waals surface area contributed by atoms with Crippen LogP contribution in [-0.2, 0) is 13.1 Å². The number of benzene rings is 2. The number of para-hydroxylation sites is 3. The van der Waals surface area contributed by atoms with Crippen molar-refractivity contribution >= 4 is 22.1 Å². The van der Waals surface area contributed by atoms with Crippen LogP contribution in [0.5, 0.6) is 0 Å². The van der Waals surface area contributed by atoms with Crippen LogP contribution in [0.15, 0.2) is 53.6 Å². The molecule has 2 aromatic heterocycles. The smallest absolute Gasteiger partial charge is 0.326 e. The van der Waals surface area contributed by atoms with E-state index in [1.807, 2.05) is 42.7 Å². The molecule has 2 aromatic carbocycles. The Balaban J connectivity index is 1.31. The number of aromatic nitrogens is 4. The van der Waals surface area contributed by atoms with Crippen molar-refractivity contribution in [3.8, 4) is 0 Å². The van der Waals surface area contributed by atoms with Gasteiger partial charge in [-0.3, -0.25) is 4.57 Å². The third kappa shape index (κ3) is 3.16. The van der Waals surface area contributed by atoms with Crippen molar-refractivity contribution in [2.24, 2.45) is 0 Å². The Bertz CT molecular complexity index is 1220. The van der Waals surface area contributed by atoms with Crippen molar-refractivity contribution < 1.29 is 5.11 Å². The van der Waals surface area contributed by atoms with Gasteiger partial charge in [0.1, 0.15) is 0 Å². The lowest BCUT2D eigenvalue weighted by Gasteiger charge is -2.26. The number of fused-ring (bicyclic) bond motifs is 1. The summed E-state index contributed by atoms with van der Waals surface area (Å²) in [5.41, 5.74) is 4.45. The van der Waals surface area contributed by atoms with Gasteiger partial charge >= 0.3 is 5.69 Å².